The second-order valence-corrected chi connectivity index (χ2v) is 4.79. The van der Waals surface area contributed by atoms with Crippen LogP contribution in [-0.4, -0.2) is 29.9 Å². The number of aliphatic hydroxyl groups is 1. The molecule has 2 saturated carbocycles. The molecule has 0 aliphatic heterocycles. The highest BCUT2D eigenvalue weighted by atomic mass is 16.5. The molecule has 0 saturated heterocycles. The summed E-state index contributed by atoms with van der Waals surface area (Å²) in [7, 11) is 1.60. The van der Waals surface area contributed by atoms with Crippen molar-refractivity contribution in [2.75, 3.05) is 13.7 Å². The van der Waals surface area contributed by atoms with Gasteiger partial charge in [0, 0.05) is 12.0 Å². The highest BCUT2D eigenvalue weighted by molar-refractivity contribution is 5.83. The average molecular weight is 234 g/mol. The summed E-state index contributed by atoms with van der Waals surface area (Å²) in [5.41, 5.74) is 0.710. The lowest BCUT2D eigenvalue weighted by Crippen LogP contribution is -2.22. The molecule has 17 heavy (non-hydrogen) atoms. The van der Waals surface area contributed by atoms with E-state index < -0.39 is 5.97 Å². The summed E-state index contributed by atoms with van der Waals surface area (Å²) < 4.78 is 5.08. The van der Waals surface area contributed by atoms with Crippen molar-refractivity contribution in [2.24, 2.45) is 17.8 Å². The summed E-state index contributed by atoms with van der Waals surface area (Å²) in [6.07, 6.45) is 0. The van der Waals surface area contributed by atoms with Crippen molar-refractivity contribution in [3.8, 4) is 5.75 Å². The van der Waals surface area contributed by atoms with Gasteiger partial charge < -0.3 is 14.9 Å². The predicted octanol–water partition coefficient (Wildman–Crippen LogP) is 0.886. The second kappa shape index (κ2) is 3.23. The Hall–Kier alpha value is -1.55. The minimum absolute atomic E-state index is 0.0699. The van der Waals surface area contributed by atoms with Gasteiger partial charge in [-0.2, -0.15) is 0 Å². The van der Waals surface area contributed by atoms with E-state index >= 15 is 0 Å². The molecule has 4 heteroatoms. The summed E-state index contributed by atoms with van der Waals surface area (Å²) in [4.78, 5) is 11.1. The van der Waals surface area contributed by atoms with Gasteiger partial charge in [0.1, 0.15) is 5.75 Å². The third-order valence-electron chi connectivity index (χ3n) is 4.31. The van der Waals surface area contributed by atoms with E-state index in [-0.39, 0.29) is 29.8 Å². The van der Waals surface area contributed by atoms with E-state index in [9.17, 15) is 9.90 Å². The number of carboxylic acid groups (broad SMARTS) is 1. The van der Waals surface area contributed by atoms with E-state index in [2.05, 4.69) is 0 Å². The Morgan fingerprint density at radius 2 is 2.06 bits per heavy atom. The summed E-state index contributed by atoms with van der Waals surface area (Å²) in [6, 6.07) is 7.49. The van der Waals surface area contributed by atoms with Crippen LogP contribution in [0.15, 0.2) is 24.3 Å². The van der Waals surface area contributed by atoms with E-state index in [1.807, 2.05) is 24.3 Å². The van der Waals surface area contributed by atoms with Crippen molar-refractivity contribution < 1.29 is 19.7 Å². The van der Waals surface area contributed by atoms with Crippen molar-refractivity contribution >= 4 is 5.97 Å². The maximum absolute atomic E-state index is 11.1. The van der Waals surface area contributed by atoms with Gasteiger partial charge >= 0.3 is 5.97 Å². The van der Waals surface area contributed by atoms with E-state index in [4.69, 9.17) is 9.84 Å². The fraction of sp³-hybridized carbons (Fsp3) is 0.462. The topological polar surface area (TPSA) is 66.8 Å². The van der Waals surface area contributed by atoms with Crippen molar-refractivity contribution in [3.05, 3.63) is 29.8 Å². The van der Waals surface area contributed by atoms with Crippen LogP contribution in [0, 0.1) is 17.8 Å². The van der Waals surface area contributed by atoms with Crippen LogP contribution in [0.2, 0.25) is 0 Å². The second-order valence-electron chi connectivity index (χ2n) is 4.79. The molecule has 2 unspecified atom stereocenters. The third-order valence-corrected chi connectivity index (χ3v) is 4.31. The number of hydrogen-bond donors (Lipinski definition) is 2. The average Bonchev–Trinajstić information content (AvgIpc) is 3.17. The van der Waals surface area contributed by atoms with Crippen LogP contribution in [0.5, 0.6) is 5.75 Å². The highest BCUT2D eigenvalue weighted by Crippen LogP contribution is 2.83. The number of fused-ring (bicyclic) bond motifs is 1. The molecule has 2 aliphatic rings. The number of carboxylic acids is 1. The minimum atomic E-state index is -0.754. The predicted molar refractivity (Wildman–Crippen MR) is 59.9 cm³/mol. The Labute approximate surface area is 98.8 Å². The number of benzene rings is 1. The molecule has 0 aromatic heterocycles. The van der Waals surface area contributed by atoms with Crippen molar-refractivity contribution in [1.82, 2.24) is 0 Å². The Kier molecular flexibility index (Phi) is 2.01. The highest BCUT2D eigenvalue weighted by Gasteiger charge is 2.89. The summed E-state index contributed by atoms with van der Waals surface area (Å²) in [5.74, 6) is -0.0608. The monoisotopic (exact) mass is 234 g/mol. The summed E-state index contributed by atoms with van der Waals surface area (Å²) in [5, 5.41) is 18.3. The molecule has 3 rings (SSSR count). The molecule has 4 nitrogen and oxygen atoms in total. The van der Waals surface area contributed by atoms with Crippen molar-refractivity contribution in [1.29, 1.82) is 0 Å². The van der Waals surface area contributed by atoms with E-state index in [1.165, 1.54) is 0 Å². The van der Waals surface area contributed by atoms with Crippen LogP contribution >= 0.6 is 0 Å². The van der Waals surface area contributed by atoms with Gasteiger partial charge in [-0.3, -0.25) is 4.79 Å². The molecule has 2 aliphatic carbocycles. The quantitative estimate of drug-likeness (QED) is 0.811. The lowest BCUT2D eigenvalue weighted by molar-refractivity contribution is -0.140. The Bertz CT molecular complexity index is 467. The van der Waals surface area contributed by atoms with Gasteiger partial charge in [0.15, 0.2) is 0 Å². The Balaban J connectivity index is 1.90. The maximum Gasteiger partial charge on any atom is 0.307 e. The molecule has 2 fully saturated rings. The molecular weight excluding hydrogens is 220 g/mol. The zero-order valence-corrected chi connectivity index (χ0v) is 9.46. The third kappa shape index (κ3) is 1.13. The number of ether oxygens (including phenoxy) is 1. The maximum atomic E-state index is 11.1. The first-order chi connectivity index (χ1) is 8.17. The normalized spacial score (nSPS) is 37.2. The Morgan fingerprint density at radius 3 is 2.53 bits per heavy atom. The first-order valence-corrected chi connectivity index (χ1v) is 5.66. The van der Waals surface area contributed by atoms with Crippen LogP contribution in [0.25, 0.3) is 0 Å². The number of rotatable bonds is 4. The molecule has 0 bridgehead atoms. The first kappa shape index (κ1) is 10.6. The Morgan fingerprint density at radius 1 is 1.41 bits per heavy atom. The zero-order chi connectivity index (χ0) is 12.2. The van der Waals surface area contributed by atoms with E-state index in [1.54, 1.807) is 7.11 Å². The smallest absolute Gasteiger partial charge is 0.307 e. The zero-order valence-electron chi connectivity index (χ0n) is 9.46. The molecule has 4 atom stereocenters. The lowest BCUT2D eigenvalue weighted by Gasteiger charge is -2.15. The number of carbonyl (C=O) groups is 1. The molecule has 0 spiro atoms. The van der Waals surface area contributed by atoms with Gasteiger partial charge in [-0.25, -0.2) is 0 Å². The number of methoxy groups -OCH3 is 1. The minimum Gasteiger partial charge on any atom is -0.497 e. The first-order valence-electron chi connectivity index (χ1n) is 5.66. The molecular formula is C13H14O4. The molecule has 2 N–H and O–H groups in total. The van der Waals surface area contributed by atoms with Crippen LogP contribution in [0.3, 0.4) is 0 Å². The van der Waals surface area contributed by atoms with Crippen LogP contribution < -0.4 is 4.74 Å². The van der Waals surface area contributed by atoms with Gasteiger partial charge in [-0.15, -0.1) is 0 Å². The largest absolute Gasteiger partial charge is 0.497 e. The fourth-order valence-corrected chi connectivity index (χ4v) is 3.38. The van der Waals surface area contributed by atoms with Crippen molar-refractivity contribution in [3.63, 3.8) is 0 Å². The van der Waals surface area contributed by atoms with E-state index in [0.717, 1.165) is 11.3 Å². The van der Waals surface area contributed by atoms with E-state index in [0.29, 0.717) is 0 Å². The number of aliphatic hydroxyl groups excluding tert-OH is 1. The van der Waals surface area contributed by atoms with Crippen LogP contribution in [-0.2, 0) is 10.2 Å². The number of hydrogen-bond acceptors (Lipinski definition) is 3. The molecule has 1 aromatic carbocycles. The van der Waals surface area contributed by atoms with Crippen LogP contribution in [0.4, 0.5) is 0 Å². The number of aliphatic carboxylic acids is 1. The summed E-state index contributed by atoms with van der Waals surface area (Å²) >= 11 is 0. The molecule has 0 amide bonds. The summed E-state index contributed by atoms with van der Waals surface area (Å²) in [6.45, 7) is 0.0699. The van der Waals surface area contributed by atoms with Crippen LogP contribution in [0.1, 0.15) is 5.56 Å². The van der Waals surface area contributed by atoms with Crippen molar-refractivity contribution in [2.45, 2.75) is 5.41 Å². The van der Waals surface area contributed by atoms with Gasteiger partial charge in [0.05, 0.1) is 13.0 Å². The standard InChI is InChI=1S/C13H14O4/c1-17-8-4-2-7(3-5-8)13-9(6-14)10(13)11(13)12(15)16/h2-5,9-11,14H,6H2,1H3,(H,15,16)/t9?,10?,11-,13+/m0/s1. The molecule has 1 aromatic rings. The fourth-order valence-electron chi connectivity index (χ4n) is 3.38. The molecule has 90 valence electrons. The SMILES string of the molecule is COc1ccc([C@@]23C(CO)C2[C@H]3C(=O)O)cc1. The van der Waals surface area contributed by atoms with Gasteiger partial charge in [0.25, 0.3) is 0 Å². The molecule has 0 radical (unpaired) electrons. The lowest BCUT2D eigenvalue weighted by atomic mass is 9.90. The molecule has 0 heterocycles. The van der Waals surface area contributed by atoms with Gasteiger partial charge in [0.2, 0.25) is 0 Å². The van der Waals surface area contributed by atoms with Gasteiger partial charge in [-0.1, -0.05) is 12.1 Å². The van der Waals surface area contributed by atoms with Gasteiger partial charge in [-0.05, 0) is 29.5 Å².